The molecule has 1 aliphatic carbocycles. The maximum absolute atomic E-state index is 4.50. The molecule has 2 nitrogen and oxygen atoms in total. The average molecular weight is 238 g/mol. The lowest BCUT2D eigenvalue weighted by Gasteiger charge is -2.21. The van der Waals surface area contributed by atoms with Crippen molar-refractivity contribution in [3.05, 3.63) is 15.6 Å². The third-order valence-electron chi connectivity index (χ3n) is 3.43. The smallest absolute Gasteiger partial charge is 0.0900 e. The van der Waals surface area contributed by atoms with E-state index in [1.807, 2.05) is 11.3 Å². The fourth-order valence-electron chi connectivity index (χ4n) is 2.43. The van der Waals surface area contributed by atoms with Gasteiger partial charge in [-0.1, -0.05) is 6.92 Å². The summed E-state index contributed by atoms with van der Waals surface area (Å²) in [6, 6.07) is 1.16. The Morgan fingerprint density at radius 3 is 2.56 bits per heavy atom. The van der Waals surface area contributed by atoms with Crippen LogP contribution in [0, 0.1) is 19.8 Å². The van der Waals surface area contributed by atoms with Crippen LogP contribution in [0.25, 0.3) is 0 Å². The molecule has 16 heavy (non-hydrogen) atoms. The number of hydrogen-bond donors (Lipinski definition) is 1. The number of aromatic nitrogens is 1. The van der Waals surface area contributed by atoms with Gasteiger partial charge >= 0.3 is 0 Å². The van der Waals surface area contributed by atoms with Gasteiger partial charge in [0.1, 0.15) is 0 Å². The first kappa shape index (κ1) is 12.1. The van der Waals surface area contributed by atoms with Gasteiger partial charge in [-0.15, -0.1) is 11.3 Å². The van der Waals surface area contributed by atoms with Gasteiger partial charge in [0.2, 0.25) is 0 Å². The van der Waals surface area contributed by atoms with Crippen LogP contribution in [0.2, 0.25) is 0 Å². The van der Waals surface area contributed by atoms with Crippen LogP contribution in [0.15, 0.2) is 0 Å². The van der Waals surface area contributed by atoms with Gasteiger partial charge in [0.15, 0.2) is 0 Å². The Hall–Kier alpha value is -0.410. The fraction of sp³-hybridized carbons (Fsp3) is 0.769. The second-order valence-corrected chi connectivity index (χ2v) is 6.16. The SMILES string of the molecule is CCC(NC(C)c1sc(C)nc1C)C1CC1. The van der Waals surface area contributed by atoms with Gasteiger partial charge in [-0.25, -0.2) is 4.98 Å². The predicted octanol–water partition coefficient (Wildman–Crippen LogP) is 3.60. The molecule has 0 aliphatic heterocycles. The molecule has 3 heteroatoms. The van der Waals surface area contributed by atoms with Crippen LogP contribution in [0.1, 0.15) is 54.7 Å². The predicted molar refractivity (Wildman–Crippen MR) is 69.9 cm³/mol. The molecule has 1 saturated carbocycles. The minimum Gasteiger partial charge on any atom is -0.306 e. The van der Waals surface area contributed by atoms with Gasteiger partial charge in [0, 0.05) is 17.0 Å². The van der Waals surface area contributed by atoms with Crippen LogP contribution in [0.4, 0.5) is 0 Å². The first-order valence-corrected chi connectivity index (χ1v) is 7.13. The molecule has 1 aromatic rings. The van der Waals surface area contributed by atoms with E-state index >= 15 is 0 Å². The van der Waals surface area contributed by atoms with Gasteiger partial charge in [-0.05, 0) is 46.0 Å². The summed E-state index contributed by atoms with van der Waals surface area (Å²) in [7, 11) is 0. The van der Waals surface area contributed by atoms with E-state index in [0.717, 1.165) is 5.92 Å². The monoisotopic (exact) mass is 238 g/mol. The summed E-state index contributed by atoms with van der Waals surface area (Å²) in [5.74, 6) is 0.932. The summed E-state index contributed by atoms with van der Waals surface area (Å²) in [5, 5.41) is 4.95. The molecule has 90 valence electrons. The van der Waals surface area contributed by atoms with E-state index in [9.17, 15) is 0 Å². The van der Waals surface area contributed by atoms with Crippen LogP contribution in [-0.2, 0) is 0 Å². The van der Waals surface area contributed by atoms with Crippen molar-refractivity contribution >= 4 is 11.3 Å². The summed E-state index contributed by atoms with van der Waals surface area (Å²) in [6.07, 6.45) is 4.07. The van der Waals surface area contributed by atoms with Gasteiger partial charge in [-0.3, -0.25) is 0 Å². The molecule has 0 radical (unpaired) electrons. The molecule has 2 rings (SSSR count). The van der Waals surface area contributed by atoms with Gasteiger partial charge in [0.25, 0.3) is 0 Å². The van der Waals surface area contributed by atoms with Crippen molar-refractivity contribution in [2.24, 2.45) is 5.92 Å². The lowest BCUT2D eigenvalue weighted by atomic mass is 10.1. The van der Waals surface area contributed by atoms with Crippen LogP contribution in [-0.4, -0.2) is 11.0 Å². The number of nitrogens with zero attached hydrogens (tertiary/aromatic N) is 1. The lowest BCUT2D eigenvalue weighted by Crippen LogP contribution is -2.32. The summed E-state index contributed by atoms with van der Waals surface area (Å²) >= 11 is 1.83. The van der Waals surface area contributed by atoms with E-state index in [1.165, 1.54) is 34.8 Å². The second kappa shape index (κ2) is 4.84. The van der Waals surface area contributed by atoms with E-state index in [1.54, 1.807) is 0 Å². The number of thiazole rings is 1. The Bertz CT molecular complexity index is 355. The largest absolute Gasteiger partial charge is 0.306 e. The highest BCUT2D eigenvalue weighted by Gasteiger charge is 2.31. The molecule has 1 aliphatic rings. The highest BCUT2D eigenvalue weighted by atomic mass is 32.1. The lowest BCUT2D eigenvalue weighted by molar-refractivity contribution is 0.407. The number of rotatable bonds is 5. The zero-order valence-electron chi connectivity index (χ0n) is 10.7. The number of hydrogen-bond acceptors (Lipinski definition) is 3. The quantitative estimate of drug-likeness (QED) is 0.848. The zero-order valence-corrected chi connectivity index (χ0v) is 11.5. The fourth-order valence-corrected chi connectivity index (χ4v) is 3.37. The minimum atomic E-state index is 0.455. The summed E-state index contributed by atoms with van der Waals surface area (Å²) in [6.45, 7) is 8.76. The Labute approximate surface area is 102 Å². The normalized spacial score (nSPS) is 19.8. The van der Waals surface area contributed by atoms with Crippen molar-refractivity contribution < 1.29 is 0 Å². The molecule has 0 spiro atoms. The van der Waals surface area contributed by atoms with Crippen molar-refractivity contribution in [1.29, 1.82) is 0 Å². The Kier molecular flexibility index (Phi) is 3.65. The third-order valence-corrected chi connectivity index (χ3v) is 4.68. The Balaban J connectivity index is 2.01. The highest BCUT2D eigenvalue weighted by molar-refractivity contribution is 7.11. The summed E-state index contributed by atoms with van der Waals surface area (Å²) in [5.41, 5.74) is 1.20. The second-order valence-electron chi connectivity index (χ2n) is 4.92. The molecular formula is C13H22N2S. The highest BCUT2D eigenvalue weighted by Crippen LogP contribution is 2.35. The third kappa shape index (κ3) is 2.64. The summed E-state index contributed by atoms with van der Waals surface area (Å²) < 4.78 is 0. The maximum atomic E-state index is 4.50. The van der Waals surface area contributed by atoms with Crippen molar-refractivity contribution in [3.63, 3.8) is 0 Å². The number of aryl methyl sites for hydroxylation is 2. The summed E-state index contributed by atoms with van der Waals surface area (Å²) in [4.78, 5) is 5.92. The zero-order chi connectivity index (χ0) is 11.7. The van der Waals surface area contributed by atoms with Crippen LogP contribution >= 0.6 is 11.3 Å². The molecule has 0 saturated heterocycles. The van der Waals surface area contributed by atoms with E-state index < -0.39 is 0 Å². The van der Waals surface area contributed by atoms with E-state index in [-0.39, 0.29) is 0 Å². The Morgan fingerprint density at radius 2 is 2.12 bits per heavy atom. The van der Waals surface area contributed by atoms with E-state index in [2.05, 4.69) is 38.0 Å². The standard InChI is InChI=1S/C13H22N2S/c1-5-12(11-6-7-11)15-9(3)13-8(2)14-10(4)16-13/h9,11-12,15H,5-7H2,1-4H3. The van der Waals surface area contributed by atoms with Gasteiger partial charge < -0.3 is 5.32 Å². The van der Waals surface area contributed by atoms with Crippen molar-refractivity contribution in [2.75, 3.05) is 0 Å². The van der Waals surface area contributed by atoms with Gasteiger partial charge in [-0.2, -0.15) is 0 Å². The molecule has 1 N–H and O–H groups in total. The molecule has 1 fully saturated rings. The van der Waals surface area contributed by atoms with Crippen LogP contribution in [0.3, 0.4) is 0 Å². The van der Waals surface area contributed by atoms with Crippen molar-refractivity contribution in [3.8, 4) is 0 Å². The molecular weight excluding hydrogens is 216 g/mol. The molecule has 2 atom stereocenters. The molecule has 0 aromatic carbocycles. The molecule has 0 bridgehead atoms. The topological polar surface area (TPSA) is 24.9 Å². The van der Waals surface area contributed by atoms with Gasteiger partial charge in [0.05, 0.1) is 10.7 Å². The average Bonchev–Trinajstić information content (AvgIpc) is 3.01. The van der Waals surface area contributed by atoms with Crippen LogP contribution in [0.5, 0.6) is 0 Å². The first-order valence-electron chi connectivity index (χ1n) is 6.31. The first-order chi connectivity index (χ1) is 7.61. The van der Waals surface area contributed by atoms with Crippen molar-refractivity contribution in [2.45, 2.75) is 59.0 Å². The van der Waals surface area contributed by atoms with E-state index in [0.29, 0.717) is 12.1 Å². The minimum absolute atomic E-state index is 0.455. The Morgan fingerprint density at radius 1 is 1.44 bits per heavy atom. The molecule has 1 heterocycles. The molecule has 2 unspecified atom stereocenters. The van der Waals surface area contributed by atoms with Crippen molar-refractivity contribution in [1.82, 2.24) is 10.3 Å². The number of nitrogens with one attached hydrogen (secondary N) is 1. The molecule has 1 aromatic heterocycles. The van der Waals surface area contributed by atoms with Crippen LogP contribution < -0.4 is 5.32 Å². The maximum Gasteiger partial charge on any atom is 0.0900 e. The molecule has 0 amide bonds. The van der Waals surface area contributed by atoms with E-state index in [4.69, 9.17) is 0 Å².